The van der Waals surface area contributed by atoms with E-state index in [-0.39, 0.29) is 11.8 Å². The van der Waals surface area contributed by atoms with Crippen molar-refractivity contribution >= 4 is 11.8 Å². The molecule has 1 rings (SSSR count). The van der Waals surface area contributed by atoms with Crippen LogP contribution in [0.25, 0.3) is 0 Å². The van der Waals surface area contributed by atoms with Crippen LogP contribution < -0.4 is 0 Å². The Morgan fingerprint density at radius 3 is 1.59 bits per heavy atom. The van der Waals surface area contributed by atoms with Gasteiger partial charge in [-0.25, -0.2) is 0 Å². The number of Topliss-reactive ketones (excluding diaryl/α,β-unsaturated/α-hetero) is 1. The van der Waals surface area contributed by atoms with E-state index in [0.717, 1.165) is 48.3 Å². The Morgan fingerprint density at radius 2 is 1.11 bits per heavy atom. The normalized spacial score (nSPS) is 11.3. The topological polar surface area (TPSA) is 48.3 Å². The second-order valence-corrected chi connectivity index (χ2v) is 11.1. The standard InChI is InChI=1S/C33H59NO3/c1-6-8-10-11-12-13-14-15-16-17-18-19-20-21-22-24-31(35)33-28(3)30(25-26-32(36)37-5)34(29(33)4)27-23-9-7-2/h6-27H2,1-5H3. The lowest BCUT2D eigenvalue weighted by atomic mass is 9.99. The molecule has 0 saturated carbocycles. The average Bonchev–Trinajstić information content (AvgIpc) is 3.13. The fourth-order valence-corrected chi connectivity index (χ4v) is 5.62. The molecule has 0 bridgehead atoms. The number of methoxy groups -OCH3 is 1. The number of ether oxygens (including phenoxy) is 1. The summed E-state index contributed by atoms with van der Waals surface area (Å²) in [4.78, 5) is 25.0. The summed E-state index contributed by atoms with van der Waals surface area (Å²) < 4.78 is 7.16. The van der Waals surface area contributed by atoms with E-state index in [1.54, 1.807) is 0 Å². The van der Waals surface area contributed by atoms with Crippen LogP contribution in [0.1, 0.15) is 170 Å². The number of esters is 1. The zero-order chi connectivity index (χ0) is 27.3. The molecule has 0 atom stereocenters. The van der Waals surface area contributed by atoms with Crippen LogP contribution in [0.2, 0.25) is 0 Å². The number of carbonyl (C=O) groups excluding carboxylic acids is 2. The Balaban J connectivity index is 2.35. The molecule has 0 radical (unpaired) electrons. The van der Waals surface area contributed by atoms with Gasteiger partial charge in [0, 0.05) is 29.9 Å². The number of carbonyl (C=O) groups is 2. The van der Waals surface area contributed by atoms with Crippen LogP contribution in [0.3, 0.4) is 0 Å². The summed E-state index contributed by atoms with van der Waals surface area (Å²) in [7, 11) is 1.44. The summed E-state index contributed by atoms with van der Waals surface area (Å²) in [6.07, 6.45) is 25.1. The van der Waals surface area contributed by atoms with Gasteiger partial charge in [-0.05, 0) is 38.7 Å². The van der Waals surface area contributed by atoms with Gasteiger partial charge in [-0.15, -0.1) is 0 Å². The smallest absolute Gasteiger partial charge is 0.305 e. The van der Waals surface area contributed by atoms with Gasteiger partial charge >= 0.3 is 5.97 Å². The van der Waals surface area contributed by atoms with Gasteiger partial charge in [0.15, 0.2) is 5.78 Å². The van der Waals surface area contributed by atoms with Gasteiger partial charge in [-0.1, -0.05) is 117 Å². The first kappa shape index (κ1) is 33.4. The molecule has 0 amide bonds. The van der Waals surface area contributed by atoms with Crippen molar-refractivity contribution in [1.82, 2.24) is 4.57 Å². The molecule has 1 aromatic heterocycles. The number of hydrogen-bond acceptors (Lipinski definition) is 3. The number of unbranched alkanes of at least 4 members (excludes halogenated alkanes) is 16. The van der Waals surface area contributed by atoms with Crippen molar-refractivity contribution in [1.29, 1.82) is 0 Å². The van der Waals surface area contributed by atoms with Crippen molar-refractivity contribution < 1.29 is 14.3 Å². The molecule has 0 aliphatic carbocycles. The zero-order valence-corrected chi connectivity index (χ0v) is 25.2. The van der Waals surface area contributed by atoms with E-state index < -0.39 is 0 Å². The van der Waals surface area contributed by atoms with Gasteiger partial charge in [0.05, 0.1) is 13.5 Å². The SMILES string of the molecule is CCCCCCCCCCCCCCCCCC(=O)c1c(C)c(CCC(=O)OC)n(CCCCC)c1C. The molecule has 0 aliphatic heterocycles. The van der Waals surface area contributed by atoms with E-state index in [1.165, 1.54) is 103 Å². The number of hydrogen-bond donors (Lipinski definition) is 0. The first-order valence-corrected chi connectivity index (χ1v) is 15.8. The molecule has 0 saturated heterocycles. The highest BCUT2D eigenvalue weighted by atomic mass is 16.5. The van der Waals surface area contributed by atoms with Gasteiger partial charge in [-0.2, -0.15) is 0 Å². The summed E-state index contributed by atoms with van der Waals surface area (Å²) in [6, 6.07) is 0. The zero-order valence-electron chi connectivity index (χ0n) is 25.2. The monoisotopic (exact) mass is 517 g/mol. The molecule has 0 aromatic carbocycles. The first-order chi connectivity index (χ1) is 18.0. The highest BCUT2D eigenvalue weighted by Crippen LogP contribution is 2.27. The average molecular weight is 518 g/mol. The minimum atomic E-state index is -0.191. The molecule has 0 unspecified atom stereocenters. The number of ketones is 1. The Bertz CT molecular complexity index is 749. The molecule has 214 valence electrons. The molecule has 0 fully saturated rings. The molecule has 0 N–H and O–H groups in total. The van der Waals surface area contributed by atoms with Crippen molar-refractivity contribution in [2.45, 2.75) is 169 Å². The summed E-state index contributed by atoms with van der Waals surface area (Å²) >= 11 is 0. The Labute approximate surface area is 229 Å². The predicted octanol–water partition coefficient (Wildman–Crippen LogP) is 9.84. The summed E-state index contributed by atoms with van der Waals surface area (Å²) in [6.45, 7) is 9.56. The third-order valence-corrected chi connectivity index (χ3v) is 7.97. The summed E-state index contributed by atoms with van der Waals surface area (Å²) in [5.41, 5.74) is 4.20. The molecule has 1 aromatic rings. The van der Waals surface area contributed by atoms with E-state index in [0.29, 0.717) is 19.3 Å². The second-order valence-electron chi connectivity index (χ2n) is 11.1. The van der Waals surface area contributed by atoms with Gasteiger partial charge in [-0.3, -0.25) is 9.59 Å². The van der Waals surface area contributed by atoms with Crippen molar-refractivity contribution in [2.24, 2.45) is 0 Å². The maximum Gasteiger partial charge on any atom is 0.305 e. The third kappa shape index (κ3) is 13.7. The molecular formula is C33H59NO3. The largest absolute Gasteiger partial charge is 0.469 e. The van der Waals surface area contributed by atoms with Crippen molar-refractivity contribution in [3.63, 3.8) is 0 Å². The lowest BCUT2D eigenvalue weighted by molar-refractivity contribution is -0.140. The van der Waals surface area contributed by atoms with Gasteiger partial charge in [0.2, 0.25) is 0 Å². The van der Waals surface area contributed by atoms with Crippen LogP contribution >= 0.6 is 0 Å². The molecule has 0 aliphatic rings. The summed E-state index contributed by atoms with van der Waals surface area (Å²) in [5.74, 6) is 0.0855. The van der Waals surface area contributed by atoms with E-state index in [1.807, 2.05) is 0 Å². The van der Waals surface area contributed by atoms with Crippen LogP contribution in [-0.4, -0.2) is 23.4 Å². The van der Waals surface area contributed by atoms with E-state index in [9.17, 15) is 9.59 Å². The van der Waals surface area contributed by atoms with Crippen LogP contribution in [0.4, 0.5) is 0 Å². The predicted molar refractivity (Wildman–Crippen MR) is 158 cm³/mol. The fraction of sp³-hybridized carbons (Fsp3) is 0.818. The van der Waals surface area contributed by atoms with E-state index in [4.69, 9.17) is 4.74 Å². The van der Waals surface area contributed by atoms with Crippen molar-refractivity contribution in [3.05, 3.63) is 22.5 Å². The molecule has 0 spiro atoms. The van der Waals surface area contributed by atoms with Crippen LogP contribution in [-0.2, 0) is 22.5 Å². The van der Waals surface area contributed by atoms with Gasteiger partial charge in [0.1, 0.15) is 0 Å². The van der Waals surface area contributed by atoms with Crippen LogP contribution in [0.5, 0.6) is 0 Å². The molecule has 4 heteroatoms. The maximum absolute atomic E-state index is 13.2. The lowest BCUT2D eigenvalue weighted by Gasteiger charge is -2.12. The van der Waals surface area contributed by atoms with Crippen LogP contribution in [0.15, 0.2) is 0 Å². The van der Waals surface area contributed by atoms with E-state index >= 15 is 0 Å². The Morgan fingerprint density at radius 1 is 0.649 bits per heavy atom. The highest BCUT2D eigenvalue weighted by molar-refractivity contribution is 5.99. The molecule has 37 heavy (non-hydrogen) atoms. The van der Waals surface area contributed by atoms with Gasteiger partial charge < -0.3 is 9.30 Å². The van der Waals surface area contributed by atoms with Gasteiger partial charge in [0.25, 0.3) is 0 Å². The highest BCUT2D eigenvalue weighted by Gasteiger charge is 2.22. The van der Waals surface area contributed by atoms with E-state index in [2.05, 4.69) is 32.3 Å². The van der Waals surface area contributed by atoms with Crippen LogP contribution in [0, 0.1) is 13.8 Å². The van der Waals surface area contributed by atoms with Crippen molar-refractivity contribution in [3.8, 4) is 0 Å². The third-order valence-electron chi connectivity index (χ3n) is 7.97. The minimum absolute atomic E-state index is 0.191. The maximum atomic E-state index is 13.2. The quantitative estimate of drug-likeness (QED) is 0.0778. The fourth-order valence-electron chi connectivity index (χ4n) is 5.62. The Hall–Kier alpha value is -1.58. The minimum Gasteiger partial charge on any atom is -0.469 e. The number of aromatic nitrogens is 1. The number of rotatable bonds is 24. The number of nitrogens with zero attached hydrogens (tertiary/aromatic N) is 1. The molecular weight excluding hydrogens is 458 g/mol. The summed E-state index contributed by atoms with van der Waals surface area (Å²) in [5, 5.41) is 0. The lowest BCUT2D eigenvalue weighted by Crippen LogP contribution is -2.09. The van der Waals surface area contributed by atoms with Crippen molar-refractivity contribution in [2.75, 3.05) is 7.11 Å². The Kier molecular flexibility index (Phi) is 19.3. The molecule has 4 nitrogen and oxygen atoms in total. The molecule has 1 heterocycles. The first-order valence-electron chi connectivity index (χ1n) is 15.8. The second kappa shape index (κ2) is 21.4.